The molecule has 3 rings (SSSR count). The van der Waals surface area contributed by atoms with Gasteiger partial charge in [0, 0.05) is 32.2 Å². The van der Waals surface area contributed by atoms with Crippen LogP contribution in [0.15, 0.2) is 18.2 Å². The van der Waals surface area contributed by atoms with Crippen LogP contribution < -0.4 is 0 Å². The van der Waals surface area contributed by atoms with Gasteiger partial charge in [-0.2, -0.15) is 0 Å². The number of benzene rings is 1. The Morgan fingerprint density at radius 3 is 2.46 bits per heavy atom. The summed E-state index contributed by atoms with van der Waals surface area (Å²) < 4.78 is 0. The lowest BCUT2D eigenvalue weighted by molar-refractivity contribution is -0.129. The number of rotatable bonds is 5. The molecule has 0 saturated carbocycles. The maximum Gasteiger partial charge on any atom is 0.227 e. The summed E-state index contributed by atoms with van der Waals surface area (Å²) in [5.74, 6) is 0.585. The minimum absolute atomic E-state index is 0.0295. The number of nitrogens with zero attached hydrogens (tertiary/aromatic N) is 2. The van der Waals surface area contributed by atoms with E-state index in [1.807, 2.05) is 4.90 Å². The van der Waals surface area contributed by atoms with E-state index in [1.54, 1.807) is 12.1 Å². The summed E-state index contributed by atoms with van der Waals surface area (Å²) in [6, 6.07) is 4.89. The van der Waals surface area contributed by atoms with Gasteiger partial charge in [0.25, 0.3) is 0 Å². The minimum Gasteiger partial charge on any atom is -0.506 e. The number of amides is 1. The first-order valence-electron chi connectivity index (χ1n) is 9.65. The average molecular weight is 381 g/mol. The van der Waals surface area contributed by atoms with E-state index in [0.29, 0.717) is 19.0 Å². The molecule has 0 unspecified atom stereocenters. The number of aliphatic hydroxyl groups excluding tert-OH is 1. The summed E-state index contributed by atoms with van der Waals surface area (Å²) in [6.45, 7) is 4.71. The molecule has 1 aromatic rings. The Kier molecular flexibility index (Phi) is 6.79. The molecular formula is C20H29ClN2O3. The summed E-state index contributed by atoms with van der Waals surface area (Å²) in [5.41, 5.74) is 0.800. The van der Waals surface area contributed by atoms with Crippen molar-refractivity contribution in [2.24, 2.45) is 11.8 Å². The lowest BCUT2D eigenvalue weighted by Gasteiger charge is -2.26. The first-order chi connectivity index (χ1) is 12.6. The second-order valence-electron chi connectivity index (χ2n) is 7.68. The van der Waals surface area contributed by atoms with Gasteiger partial charge in [0.1, 0.15) is 5.75 Å². The summed E-state index contributed by atoms with van der Waals surface area (Å²) in [6.07, 6.45) is 5.39. The van der Waals surface area contributed by atoms with Crippen LogP contribution in [-0.2, 0) is 11.2 Å². The molecule has 0 aromatic heterocycles. The number of likely N-dealkylation sites (tertiary alicyclic amines) is 2. The van der Waals surface area contributed by atoms with Crippen LogP contribution in [0.1, 0.15) is 31.2 Å². The molecule has 6 heteroatoms. The van der Waals surface area contributed by atoms with E-state index in [0.717, 1.165) is 25.2 Å². The van der Waals surface area contributed by atoms with Crippen LogP contribution in [0.4, 0.5) is 0 Å². The monoisotopic (exact) mass is 380 g/mol. The zero-order chi connectivity index (χ0) is 18.5. The highest BCUT2D eigenvalue weighted by Gasteiger charge is 2.35. The third kappa shape index (κ3) is 4.90. The molecule has 0 bridgehead atoms. The molecule has 2 heterocycles. The Labute approximate surface area is 160 Å². The predicted octanol–water partition coefficient (Wildman–Crippen LogP) is 2.53. The van der Waals surface area contributed by atoms with Crippen molar-refractivity contribution in [1.82, 2.24) is 9.80 Å². The number of hydrogen-bond donors (Lipinski definition) is 2. The van der Waals surface area contributed by atoms with Crippen LogP contribution in [0.2, 0.25) is 5.02 Å². The predicted molar refractivity (Wildman–Crippen MR) is 102 cm³/mol. The van der Waals surface area contributed by atoms with Crippen LogP contribution in [0.5, 0.6) is 5.75 Å². The molecule has 2 aliphatic heterocycles. The molecule has 144 valence electrons. The SMILES string of the molecule is O=C(Cc1ccc(O)c(Cl)c1)N1C[C@@H](CO)[C@@H](CN2CCCCCC2)C1. The second-order valence-corrected chi connectivity index (χ2v) is 8.09. The number of carbonyl (C=O) groups excluding carboxylic acids is 1. The third-order valence-electron chi connectivity index (χ3n) is 5.72. The van der Waals surface area contributed by atoms with Gasteiger partial charge in [0.15, 0.2) is 0 Å². The first-order valence-corrected chi connectivity index (χ1v) is 10.0. The molecule has 5 nitrogen and oxygen atoms in total. The number of phenols is 1. The van der Waals surface area contributed by atoms with Gasteiger partial charge in [-0.15, -0.1) is 0 Å². The molecule has 2 aliphatic rings. The van der Waals surface area contributed by atoms with Crippen molar-refractivity contribution in [3.63, 3.8) is 0 Å². The number of hydrogen-bond acceptors (Lipinski definition) is 4. The molecule has 2 fully saturated rings. The highest BCUT2D eigenvalue weighted by atomic mass is 35.5. The van der Waals surface area contributed by atoms with Crippen molar-refractivity contribution in [1.29, 1.82) is 0 Å². The summed E-state index contributed by atoms with van der Waals surface area (Å²) >= 11 is 5.93. The van der Waals surface area contributed by atoms with Gasteiger partial charge < -0.3 is 20.0 Å². The lowest BCUT2D eigenvalue weighted by atomic mass is 9.96. The molecule has 1 amide bonds. The fourth-order valence-corrected chi connectivity index (χ4v) is 4.36. The molecule has 0 radical (unpaired) electrons. The van der Waals surface area contributed by atoms with E-state index in [4.69, 9.17) is 11.6 Å². The number of phenolic OH excluding ortho intramolecular Hbond substituents is 1. The molecule has 0 spiro atoms. The third-order valence-corrected chi connectivity index (χ3v) is 6.03. The summed E-state index contributed by atoms with van der Waals surface area (Å²) in [4.78, 5) is 17.1. The topological polar surface area (TPSA) is 64.0 Å². The highest BCUT2D eigenvalue weighted by molar-refractivity contribution is 6.32. The number of aliphatic hydroxyl groups is 1. The number of aromatic hydroxyl groups is 1. The maximum atomic E-state index is 12.7. The Bertz CT molecular complexity index is 617. The largest absolute Gasteiger partial charge is 0.506 e. The smallest absolute Gasteiger partial charge is 0.227 e. The lowest BCUT2D eigenvalue weighted by Crippen LogP contribution is -2.35. The minimum atomic E-state index is 0.0295. The first kappa shape index (κ1) is 19.5. The van der Waals surface area contributed by atoms with Crippen molar-refractivity contribution in [3.8, 4) is 5.75 Å². The van der Waals surface area contributed by atoms with Crippen LogP contribution in [0.3, 0.4) is 0 Å². The molecule has 26 heavy (non-hydrogen) atoms. The van der Waals surface area contributed by atoms with E-state index in [-0.39, 0.29) is 35.6 Å². The van der Waals surface area contributed by atoms with Crippen molar-refractivity contribution >= 4 is 17.5 Å². The summed E-state index contributed by atoms with van der Waals surface area (Å²) in [7, 11) is 0. The number of halogens is 1. The van der Waals surface area contributed by atoms with Crippen molar-refractivity contribution < 1.29 is 15.0 Å². The van der Waals surface area contributed by atoms with Gasteiger partial charge in [-0.3, -0.25) is 4.79 Å². The van der Waals surface area contributed by atoms with E-state index >= 15 is 0 Å². The Morgan fingerprint density at radius 1 is 1.12 bits per heavy atom. The average Bonchev–Trinajstić information content (AvgIpc) is 2.85. The molecule has 2 atom stereocenters. The second kappa shape index (κ2) is 9.07. The van der Waals surface area contributed by atoms with Gasteiger partial charge in [-0.05, 0) is 49.5 Å². The van der Waals surface area contributed by atoms with Crippen LogP contribution in [0.25, 0.3) is 0 Å². The zero-order valence-corrected chi connectivity index (χ0v) is 16.0. The van der Waals surface area contributed by atoms with Gasteiger partial charge >= 0.3 is 0 Å². The van der Waals surface area contributed by atoms with Crippen molar-refractivity contribution in [3.05, 3.63) is 28.8 Å². The molecule has 2 N–H and O–H groups in total. The Balaban J connectivity index is 1.58. The fraction of sp³-hybridized carbons (Fsp3) is 0.650. The molecule has 2 saturated heterocycles. The van der Waals surface area contributed by atoms with E-state index < -0.39 is 0 Å². The van der Waals surface area contributed by atoms with Crippen LogP contribution >= 0.6 is 11.6 Å². The Morgan fingerprint density at radius 2 is 1.81 bits per heavy atom. The standard InChI is InChI=1S/C20H29ClN2O3/c21-18-9-15(5-6-19(18)25)10-20(26)23-12-16(17(13-23)14-24)11-22-7-3-1-2-4-8-22/h5-6,9,16-17,24-25H,1-4,7-8,10-14H2/t16-,17-/m0/s1. The molecule has 0 aliphatic carbocycles. The Hall–Kier alpha value is -1.30. The van der Waals surface area contributed by atoms with Gasteiger partial charge in [-0.25, -0.2) is 0 Å². The van der Waals surface area contributed by atoms with E-state index in [2.05, 4.69) is 4.90 Å². The van der Waals surface area contributed by atoms with Gasteiger partial charge in [-0.1, -0.05) is 30.5 Å². The van der Waals surface area contributed by atoms with Crippen molar-refractivity contribution in [2.45, 2.75) is 32.1 Å². The summed E-state index contributed by atoms with van der Waals surface area (Å²) in [5, 5.41) is 19.6. The zero-order valence-electron chi connectivity index (χ0n) is 15.2. The van der Waals surface area contributed by atoms with Crippen LogP contribution in [-0.4, -0.2) is 65.3 Å². The fourth-order valence-electron chi connectivity index (χ4n) is 4.15. The molecule has 1 aromatic carbocycles. The quantitative estimate of drug-likeness (QED) is 0.823. The van der Waals surface area contributed by atoms with E-state index in [9.17, 15) is 15.0 Å². The molecular weight excluding hydrogens is 352 g/mol. The normalized spacial score (nSPS) is 24.6. The van der Waals surface area contributed by atoms with Gasteiger partial charge in [0.05, 0.1) is 11.4 Å². The number of carbonyl (C=O) groups is 1. The van der Waals surface area contributed by atoms with E-state index in [1.165, 1.54) is 31.7 Å². The highest BCUT2D eigenvalue weighted by Crippen LogP contribution is 2.27. The maximum absolute atomic E-state index is 12.7. The van der Waals surface area contributed by atoms with Gasteiger partial charge in [0.2, 0.25) is 5.91 Å². The van der Waals surface area contributed by atoms with Crippen molar-refractivity contribution in [2.75, 3.05) is 39.3 Å². The van der Waals surface area contributed by atoms with Crippen LogP contribution in [0, 0.1) is 11.8 Å².